The molecule has 0 saturated carbocycles. The Kier molecular flexibility index (Phi) is 7.50. The van der Waals surface area contributed by atoms with Crippen LogP contribution in [-0.2, 0) is 4.74 Å². The number of nitrogens with zero attached hydrogens (tertiary/aromatic N) is 2. The smallest absolute Gasteiger partial charge is 0.387 e. The van der Waals surface area contributed by atoms with Gasteiger partial charge >= 0.3 is 6.61 Å². The number of hydrogen-bond acceptors (Lipinski definition) is 8. The van der Waals surface area contributed by atoms with Crippen LogP contribution < -0.4 is 25.8 Å². The lowest BCUT2D eigenvalue weighted by Crippen LogP contribution is -2.42. The number of para-hydroxylation sites is 1. The number of hydrogen-bond donors (Lipinski definition) is 3. The number of aromatic nitrogens is 1. The molecule has 9 nitrogen and oxygen atoms in total. The zero-order chi connectivity index (χ0) is 23.9. The molecule has 1 aromatic heterocycles. The van der Waals surface area contributed by atoms with Gasteiger partial charge in [0, 0.05) is 24.2 Å². The number of halogens is 2. The molecule has 1 saturated heterocycles. The van der Waals surface area contributed by atoms with Gasteiger partial charge in [0.2, 0.25) is 0 Å². The molecule has 0 bridgehead atoms. The first-order valence-corrected chi connectivity index (χ1v) is 11.2. The lowest BCUT2D eigenvalue weighted by atomic mass is 10.1. The van der Waals surface area contributed by atoms with E-state index in [1.165, 1.54) is 23.5 Å². The molecule has 0 aliphatic carbocycles. The van der Waals surface area contributed by atoms with Gasteiger partial charge in [-0.05, 0) is 36.4 Å². The van der Waals surface area contributed by atoms with E-state index in [-0.39, 0.29) is 17.0 Å². The van der Waals surface area contributed by atoms with Gasteiger partial charge in [0.1, 0.15) is 11.4 Å². The van der Waals surface area contributed by atoms with Crippen molar-refractivity contribution < 1.29 is 27.8 Å². The predicted octanol–water partition coefficient (Wildman–Crippen LogP) is 3.40. The van der Waals surface area contributed by atoms with Crippen molar-refractivity contribution >= 4 is 39.7 Å². The number of hydrazine groups is 1. The summed E-state index contributed by atoms with van der Waals surface area (Å²) in [5.74, 6) is -1.06. The SMILES string of the molecule is O=C(NNC(=O)c1ccccc1Nc1ccc(OC(F)F)cc1)c1csc(N2CCOCC2)n1. The molecule has 4 rings (SSSR count). The Morgan fingerprint density at radius 1 is 1.03 bits per heavy atom. The van der Waals surface area contributed by atoms with Crippen molar-refractivity contribution in [2.24, 2.45) is 0 Å². The molecule has 0 spiro atoms. The predicted molar refractivity (Wildman–Crippen MR) is 123 cm³/mol. The van der Waals surface area contributed by atoms with Gasteiger partial charge in [-0.1, -0.05) is 12.1 Å². The minimum absolute atomic E-state index is 0.0214. The second-order valence-corrected chi connectivity index (χ2v) is 7.93. The highest BCUT2D eigenvalue weighted by atomic mass is 32.1. The van der Waals surface area contributed by atoms with Crippen molar-refractivity contribution in [3.05, 3.63) is 65.2 Å². The average molecular weight is 490 g/mol. The molecule has 2 amide bonds. The first-order chi connectivity index (χ1) is 16.5. The summed E-state index contributed by atoms with van der Waals surface area (Å²) < 4.78 is 34.3. The molecule has 1 fully saturated rings. The maximum absolute atomic E-state index is 12.7. The van der Waals surface area contributed by atoms with Gasteiger partial charge in [0.05, 0.1) is 24.5 Å². The summed E-state index contributed by atoms with van der Waals surface area (Å²) >= 11 is 1.35. The number of rotatable bonds is 7. The van der Waals surface area contributed by atoms with E-state index in [4.69, 9.17) is 4.74 Å². The zero-order valence-electron chi connectivity index (χ0n) is 17.8. The number of carbonyl (C=O) groups is 2. The lowest BCUT2D eigenvalue weighted by Gasteiger charge is -2.25. The quantitative estimate of drug-likeness (QED) is 0.437. The van der Waals surface area contributed by atoms with Crippen LogP contribution in [-0.4, -0.2) is 49.7 Å². The summed E-state index contributed by atoms with van der Waals surface area (Å²) in [6.45, 7) is -0.279. The van der Waals surface area contributed by atoms with Crippen LogP contribution in [0, 0.1) is 0 Å². The van der Waals surface area contributed by atoms with Crippen LogP contribution in [0.4, 0.5) is 25.3 Å². The van der Waals surface area contributed by atoms with Crippen LogP contribution in [0.1, 0.15) is 20.8 Å². The highest BCUT2D eigenvalue weighted by molar-refractivity contribution is 7.13. The second kappa shape index (κ2) is 10.9. The highest BCUT2D eigenvalue weighted by Gasteiger charge is 2.18. The molecule has 12 heteroatoms. The fourth-order valence-electron chi connectivity index (χ4n) is 3.18. The Labute approximate surface area is 197 Å². The van der Waals surface area contributed by atoms with Crippen LogP contribution >= 0.6 is 11.3 Å². The largest absolute Gasteiger partial charge is 0.435 e. The molecule has 0 atom stereocenters. The van der Waals surface area contributed by atoms with Crippen molar-refractivity contribution in [1.29, 1.82) is 0 Å². The normalized spacial score (nSPS) is 13.4. The number of benzene rings is 2. The van der Waals surface area contributed by atoms with Gasteiger partial charge < -0.3 is 19.7 Å². The summed E-state index contributed by atoms with van der Waals surface area (Å²) in [6.07, 6.45) is 0. The summed E-state index contributed by atoms with van der Waals surface area (Å²) in [5.41, 5.74) is 6.25. The highest BCUT2D eigenvalue weighted by Crippen LogP contribution is 2.24. The Balaban J connectivity index is 1.36. The van der Waals surface area contributed by atoms with E-state index in [9.17, 15) is 18.4 Å². The molecule has 0 unspecified atom stereocenters. The van der Waals surface area contributed by atoms with Crippen LogP contribution in [0.3, 0.4) is 0 Å². The molecule has 3 N–H and O–H groups in total. The standard InChI is InChI=1S/C22H21F2N5O4S/c23-21(24)33-15-7-5-14(6-8-15)25-17-4-2-1-3-16(17)19(30)27-28-20(31)18-13-34-22(26-18)29-9-11-32-12-10-29/h1-8,13,21,25H,9-12H2,(H,27,30)(H,28,31). The average Bonchev–Trinajstić information content (AvgIpc) is 3.35. The number of ether oxygens (including phenoxy) is 2. The van der Waals surface area contributed by atoms with E-state index < -0.39 is 18.4 Å². The van der Waals surface area contributed by atoms with E-state index in [1.54, 1.807) is 41.8 Å². The fraction of sp³-hybridized carbons (Fsp3) is 0.227. The molecule has 2 heterocycles. The molecule has 0 radical (unpaired) electrons. The van der Waals surface area contributed by atoms with Crippen molar-refractivity contribution in [3.8, 4) is 5.75 Å². The van der Waals surface area contributed by atoms with E-state index in [2.05, 4.69) is 25.9 Å². The molecule has 3 aromatic rings. The maximum Gasteiger partial charge on any atom is 0.387 e. The Bertz CT molecular complexity index is 1140. The number of morpholine rings is 1. The second-order valence-electron chi connectivity index (χ2n) is 7.10. The first kappa shape index (κ1) is 23.4. The zero-order valence-corrected chi connectivity index (χ0v) is 18.6. The minimum Gasteiger partial charge on any atom is -0.435 e. The van der Waals surface area contributed by atoms with Gasteiger partial charge in [0.25, 0.3) is 11.8 Å². The van der Waals surface area contributed by atoms with Crippen LogP contribution in [0.25, 0.3) is 0 Å². The maximum atomic E-state index is 12.7. The third-order valence-corrected chi connectivity index (χ3v) is 5.73. The van der Waals surface area contributed by atoms with Gasteiger partial charge in [-0.3, -0.25) is 20.4 Å². The van der Waals surface area contributed by atoms with Gasteiger partial charge in [0.15, 0.2) is 5.13 Å². The van der Waals surface area contributed by atoms with Crippen molar-refractivity contribution in [2.75, 3.05) is 36.5 Å². The number of alkyl halides is 2. The van der Waals surface area contributed by atoms with E-state index in [1.807, 2.05) is 4.90 Å². The Morgan fingerprint density at radius 3 is 2.47 bits per heavy atom. The summed E-state index contributed by atoms with van der Waals surface area (Å²) in [7, 11) is 0. The molecule has 178 valence electrons. The molecular weight excluding hydrogens is 468 g/mol. The number of carbonyl (C=O) groups excluding carboxylic acids is 2. The third-order valence-electron chi connectivity index (χ3n) is 4.83. The molecule has 1 aliphatic heterocycles. The van der Waals surface area contributed by atoms with Gasteiger partial charge in [-0.25, -0.2) is 4.98 Å². The summed E-state index contributed by atoms with van der Waals surface area (Å²) in [6, 6.07) is 12.5. The number of anilines is 3. The fourth-order valence-corrected chi connectivity index (χ4v) is 4.04. The van der Waals surface area contributed by atoms with E-state index >= 15 is 0 Å². The monoisotopic (exact) mass is 489 g/mol. The first-order valence-electron chi connectivity index (χ1n) is 10.3. The van der Waals surface area contributed by atoms with Crippen molar-refractivity contribution in [2.45, 2.75) is 6.61 Å². The Morgan fingerprint density at radius 2 is 1.74 bits per heavy atom. The van der Waals surface area contributed by atoms with Crippen molar-refractivity contribution in [3.63, 3.8) is 0 Å². The minimum atomic E-state index is -2.91. The van der Waals surface area contributed by atoms with E-state index in [0.29, 0.717) is 37.7 Å². The van der Waals surface area contributed by atoms with Crippen molar-refractivity contribution in [1.82, 2.24) is 15.8 Å². The number of thiazole rings is 1. The number of amides is 2. The topological polar surface area (TPSA) is 105 Å². The summed E-state index contributed by atoms with van der Waals surface area (Å²) in [5, 5.41) is 5.40. The van der Waals surface area contributed by atoms with E-state index in [0.717, 1.165) is 5.13 Å². The summed E-state index contributed by atoms with van der Waals surface area (Å²) in [4.78, 5) is 31.5. The number of nitrogens with one attached hydrogen (secondary N) is 3. The molecule has 34 heavy (non-hydrogen) atoms. The van der Waals surface area contributed by atoms with Crippen LogP contribution in [0.5, 0.6) is 5.75 Å². The molecule has 1 aliphatic rings. The van der Waals surface area contributed by atoms with Crippen LogP contribution in [0.15, 0.2) is 53.9 Å². The van der Waals surface area contributed by atoms with Crippen LogP contribution in [0.2, 0.25) is 0 Å². The third kappa shape index (κ3) is 5.97. The van der Waals surface area contributed by atoms with Gasteiger partial charge in [-0.15, -0.1) is 11.3 Å². The lowest BCUT2D eigenvalue weighted by molar-refractivity contribution is -0.0498. The molecular formula is C22H21F2N5O4S. The Hall–Kier alpha value is -3.77. The van der Waals surface area contributed by atoms with Gasteiger partial charge in [-0.2, -0.15) is 8.78 Å². The molecule has 2 aromatic carbocycles.